The number of aliphatic hydroxyl groups is 4. The van der Waals surface area contributed by atoms with Crippen molar-refractivity contribution in [1.29, 1.82) is 0 Å². The lowest BCUT2D eigenvalue weighted by Crippen LogP contribution is -2.57. The summed E-state index contributed by atoms with van der Waals surface area (Å²) < 4.78 is 39.2. The van der Waals surface area contributed by atoms with Crippen molar-refractivity contribution in [2.24, 2.45) is 5.16 Å². The summed E-state index contributed by atoms with van der Waals surface area (Å²) in [6, 6.07) is 0. The Balaban J connectivity index is 2.82. The van der Waals surface area contributed by atoms with Crippen LogP contribution in [0.2, 0.25) is 0 Å². The molecule has 1 aliphatic rings. The topological polar surface area (TPSA) is 166 Å². The van der Waals surface area contributed by atoms with Gasteiger partial charge in [0.25, 0.3) is 0 Å². The average Bonchev–Trinajstić information content (AvgIpc) is 2.52. The molecule has 1 saturated heterocycles. The van der Waals surface area contributed by atoms with Crippen LogP contribution in [0.3, 0.4) is 0 Å². The Kier molecular flexibility index (Phi) is 9.25. The van der Waals surface area contributed by atoms with Crippen LogP contribution < -0.4 is 0 Å². The molecule has 5 unspecified atom stereocenters. The zero-order valence-electron chi connectivity index (χ0n) is 12.8. The van der Waals surface area contributed by atoms with Crippen LogP contribution in [0.5, 0.6) is 0 Å². The van der Waals surface area contributed by atoms with Crippen LogP contribution in [-0.2, 0) is 19.4 Å². The lowest BCUT2D eigenvalue weighted by Gasteiger charge is -2.39. The average molecular weight is 407 g/mol. The molecule has 1 fully saturated rings. The molecule has 13 heteroatoms. The van der Waals surface area contributed by atoms with Gasteiger partial charge in [-0.15, -0.1) is 0 Å². The van der Waals surface area contributed by atoms with E-state index in [1.54, 1.807) is 11.8 Å². The molecule has 142 valence electrons. The first-order valence-electron chi connectivity index (χ1n) is 6.88. The summed E-state index contributed by atoms with van der Waals surface area (Å²) in [6.07, 6.45) is -2.86. The minimum absolute atomic E-state index is 0.103. The summed E-state index contributed by atoms with van der Waals surface area (Å²) in [5.41, 5.74) is -1.11. The molecule has 1 aliphatic heterocycles. The van der Waals surface area contributed by atoms with Gasteiger partial charge >= 0.3 is 10.4 Å². The fraction of sp³-hybridized carbons (Fsp3) is 0.909. The molecule has 5 atom stereocenters. The highest BCUT2D eigenvalue weighted by atomic mass is 32.3. The first-order valence-corrected chi connectivity index (χ1v) is 10.5. The van der Waals surface area contributed by atoms with Crippen LogP contribution in [0.25, 0.3) is 0 Å². The van der Waals surface area contributed by atoms with Crippen molar-refractivity contribution in [2.75, 3.05) is 18.6 Å². The van der Waals surface area contributed by atoms with Gasteiger partial charge in [0, 0.05) is 6.42 Å². The highest BCUT2D eigenvalue weighted by Gasteiger charge is 2.44. The number of nitrogens with zero attached hydrogens (tertiary/aromatic N) is 1. The largest absolute Gasteiger partial charge is 0.466 e. The second-order valence-electron chi connectivity index (χ2n) is 4.90. The van der Waals surface area contributed by atoms with Crippen molar-refractivity contribution in [2.45, 2.75) is 42.7 Å². The van der Waals surface area contributed by atoms with Gasteiger partial charge < -0.3 is 25.2 Å². The third-order valence-electron chi connectivity index (χ3n) is 3.07. The van der Waals surface area contributed by atoms with Crippen LogP contribution >= 0.6 is 23.5 Å². The Labute approximate surface area is 148 Å². The minimum Gasteiger partial charge on any atom is -0.394 e. The lowest BCUT2D eigenvalue weighted by molar-refractivity contribution is -0.205. The van der Waals surface area contributed by atoms with Gasteiger partial charge in [0.05, 0.1) is 6.61 Å². The summed E-state index contributed by atoms with van der Waals surface area (Å²) in [7, 11) is -4.78. The predicted molar refractivity (Wildman–Crippen MR) is 89.0 cm³/mol. The highest BCUT2D eigenvalue weighted by Crippen LogP contribution is 2.30. The van der Waals surface area contributed by atoms with Crippen LogP contribution in [0.4, 0.5) is 0 Å². The van der Waals surface area contributed by atoms with Crippen LogP contribution in [0, 0.1) is 0 Å². The van der Waals surface area contributed by atoms with Crippen molar-refractivity contribution >= 4 is 39.0 Å². The Hall–Kier alpha value is -0.120. The normalized spacial score (nSPS) is 31.9. The lowest BCUT2D eigenvalue weighted by atomic mass is 10.0. The molecule has 10 nitrogen and oxygen atoms in total. The van der Waals surface area contributed by atoms with E-state index in [-0.39, 0.29) is 11.5 Å². The van der Waals surface area contributed by atoms with E-state index in [4.69, 9.17) is 14.4 Å². The Morgan fingerprint density at radius 1 is 1.25 bits per heavy atom. The minimum atomic E-state index is -4.78. The molecule has 1 heterocycles. The van der Waals surface area contributed by atoms with Crippen molar-refractivity contribution in [1.82, 2.24) is 0 Å². The summed E-state index contributed by atoms with van der Waals surface area (Å²) in [6.45, 7) is -0.581. The number of rotatable bonds is 8. The number of aliphatic hydroxyl groups excluding tert-OH is 4. The number of oxime groups is 1. The Morgan fingerprint density at radius 2 is 1.92 bits per heavy atom. The van der Waals surface area contributed by atoms with Gasteiger partial charge in [0.2, 0.25) is 0 Å². The fourth-order valence-corrected chi connectivity index (χ4v) is 3.65. The summed E-state index contributed by atoms with van der Waals surface area (Å²) in [4.78, 5) is 0. The molecule has 0 saturated carbocycles. The fourth-order valence-electron chi connectivity index (χ4n) is 1.88. The van der Waals surface area contributed by atoms with Crippen molar-refractivity contribution < 1.29 is 42.4 Å². The molecular formula is C11H21NO9S3. The maximum Gasteiger partial charge on any atom is 0.466 e. The van der Waals surface area contributed by atoms with E-state index >= 15 is 0 Å². The number of hydrogen-bond acceptors (Lipinski definition) is 11. The molecule has 0 aromatic rings. The molecule has 1 rings (SSSR count). The van der Waals surface area contributed by atoms with Crippen LogP contribution in [0.1, 0.15) is 12.8 Å². The second kappa shape index (κ2) is 10.1. The van der Waals surface area contributed by atoms with E-state index < -0.39 is 46.9 Å². The van der Waals surface area contributed by atoms with Crippen LogP contribution in [-0.4, -0.2) is 86.9 Å². The first-order chi connectivity index (χ1) is 11.2. The van der Waals surface area contributed by atoms with Crippen molar-refractivity contribution in [3.05, 3.63) is 0 Å². The third kappa shape index (κ3) is 7.01. The molecule has 24 heavy (non-hydrogen) atoms. The second-order valence-corrected chi connectivity index (χ2v) is 8.06. The number of hydrogen-bond donors (Lipinski definition) is 5. The van der Waals surface area contributed by atoms with Gasteiger partial charge in [0.15, 0.2) is 0 Å². The van der Waals surface area contributed by atoms with Crippen molar-refractivity contribution in [3.8, 4) is 0 Å². The molecule has 5 N–H and O–H groups in total. The Bertz CT molecular complexity index is 513. The predicted octanol–water partition coefficient (Wildman–Crippen LogP) is -1.20. The van der Waals surface area contributed by atoms with Gasteiger partial charge in [-0.25, -0.2) is 4.28 Å². The summed E-state index contributed by atoms with van der Waals surface area (Å²) in [5, 5.41) is 42.0. The molecular weight excluding hydrogens is 386 g/mol. The van der Waals surface area contributed by atoms with Gasteiger partial charge in [-0.1, -0.05) is 16.9 Å². The zero-order valence-corrected chi connectivity index (χ0v) is 15.2. The molecule has 0 spiro atoms. The molecule has 0 aliphatic carbocycles. The first kappa shape index (κ1) is 21.9. The third-order valence-corrected chi connectivity index (χ3v) is 5.21. The molecule has 0 bridgehead atoms. The van der Waals surface area contributed by atoms with E-state index in [2.05, 4.69) is 9.44 Å². The molecule has 0 aromatic heterocycles. The van der Waals surface area contributed by atoms with Crippen LogP contribution in [0.15, 0.2) is 5.16 Å². The highest BCUT2D eigenvalue weighted by molar-refractivity contribution is 8.14. The van der Waals surface area contributed by atoms with E-state index in [0.717, 1.165) is 17.5 Å². The van der Waals surface area contributed by atoms with E-state index in [0.29, 0.717) is 6.42 Å². The molecule has 0 radical (unpaired) electrons. The SMILES string of the molecule is CSCCCC(=NOS(=O)(=O)O)SC1OC(CO)C(O)C(O)C1O. The maximum atomic E-state index is 10.6. The smallest absolute Gasteiger partial charge is 0.394 e. The van der Waals surface area contributed by atoms with Gasteiger partial charge in [-0.3, -0.25) is 4.55 Å². The van der Waals surface area contributed by atoms with Gasteiger partial charge in [-0.2, -0.15) is 20.2 Å². The van der Waals surface area contributed by atoms with Gasteiger partial charge in [-0.05, 0) is 18.4 Å². The monoisotopic (exact) mass is 407 g/mol. The quantitative estimate of drug-likeness (QED) is 0.108. The molecule has 0 amide bonds. The van der Waals surface area contributed by atoms with Crippen molar-refractivity contribution in [3.63, 3.8) is 0 Å². The van der Waals surface area contributed by atoms with E-state index in [1.165, 1.54) is 0 Å². The molecule has 0 aromatic carbocycles. The maximum absolute atomic E-state index is 10.6. The van der Waals surface area contributed by atoms with E-state index in [9.17, 15) is 23.7 Å². The Morgan fingerprint density at radius 3 is 2.46 bits per heavy atom. The number of ether oxygens (including phenoxy) is 1. The standard InChI is InChI=1S/C11H21NO9S3/c1-22-4-2-3-7(12-21-24(17,18)19)23-11-10(16)9(15)8(14)6(5-13)20-11/h6,8-11,13-16H,2-5H2,1H3,(H,17,18,19). The van der Waals surface area contributed by atoms with E-state index in [1.807, 2.05) is 6.26 Å². The van der Waals surface area contributed by atoms with Gasteiger partial charge in [0.1, 0.15) is 34.9 Å². The number of thioether (sulfide) groups is 2. The zero-order chi connectivity index (χ0) is 18.3. The summed E-state index contributed by atoms with van der Waals surface area (Å²) in [5.74, 6) is 0.750. The summed E-state index contributed by atoms with van der Waals surface area (Å²) >= 11 is 2.33.